The molecule has 0 spiro atoms. The maximum atomic E-state index is 11.1. The van der Waals surface area contributed by atoms with Crippen LogP contribution in [0.2, 0.25) is 0 Å². The summed E-state index contributed by atoms with van der Waals surface area (Å²) < 4.78 is 0. The van der Waals surface area contributed by atoms with Gasteiger partial charge in [-0.15, -0.1) is 0 Å². The molecule has 0 radical (unpaired) electrons. The van der Waals surface area contributed by atoms with Crippen molar-refractivity contribution in [2.24, 2.45) is 5.73 Å². The zero-order chi connectivity index (χ0) is 13.4. The van der Waals surface area contributed by atoms with E-state index in [1.165, 1.54) is 11.8 Å². The van der Waals surface area contributed by atoms with Gasteiger partial charge in [0.2, 0.25) is 0 Å². The molecule has 0 aromatic rings. The summed E-state index contributed by atoms with van der Waals surface area (Å²) in [6.07, 6.45) is 0. The number of aliphatic carboxylic acids is 2. The third-order valence-electron chi connectivity index (χ3n) is 2.43. The van der Waals surface area contributed by atoms with Crippen LogP contribution in [-0.4, -0.2) is 63.7 Å². The van der Waals surface area contributed by atoms with Gasteiger partial charge < -0.3 is 15.9 Å². The molecule has 7 heteroatoms. The first kappa shape index (κ1) is 16.2. The minimum absolute atomic E-state index is 0.223. The van der Waals surface area contributed by atoms with E-state index in [1.54, 1.807) is 0 Å². The van der Waals surface area contributed by atoms with Crippen molar-refractivity contribution in [3.8, 4) is 0 Å². The number of hydrogen-bond donors (Lipinski definition) is 3. The number of carboxylic acid groups (broad SMARTS) is 2. The Morgan fingerprint density at radius 1 is 1.18 bits per heavy atom. The Balaban J connectivity index is 4.19. The monoisotopic (exact) mass is 264 g/mol. The zero-order valence-corrected chi connectivity index (χ0v) is 10.9. The molecule has 0 fully saturated rings. The molecule has 0 heterocycles. The average Bonchev–Trinajstić information content (AvgIpc) is 2.27. The second-order valence-corrected chi connectivity index (χ2v) is 4.63. The number of nitrogens with zero attached hydrogens (tertiary/aromatic N) is 1. The largest absolute Gasteiger partial charge is 0.480 e. The summed E-state index contributed by atoms with van der Waals surface area (Å²) in [5.74, 6) is -1.38. The fourth-order valence-corrected chi connectivity index (χ4v) is 2.48. The normalized spacial score (nSPS) is 14.6. The van der Waals surface area contributed by atoms with E-state index >= 15 is 0 Å². The van der Waals surface area contributed by atoms with Gasteiger partial charge >= 0.3 is 11.9 Å². The molecule has 4 N–H and O–H groups in total. The summed E-state index contributed by atoms with van der Waals surface area (Å²) in [5, 5.41) is 17.7. The Bertz CT molecular complexity index is 259. The number of thioether (sulfide) groups is 1. The SMILES string of the molecule is CCN(CC)[C@H](CSC[C@@H](N)C(=O)O)C(=O)O. The van der Waals surface area contributed by atoms with Crippen LogP contribution in [0.25, 0.3) is 0 Å². The first-order valence-corrected chi connectivity index (χ1v) is 6.62. The van der Waals surface area contributed by atoms with E-state index in [4.69, 9.17) is 15.9 Å². The Kier molecular flexibility index (Phi) is 7.94. The van der Waals surface area contributed by atoms with Gasteiger partial charge in [0.05, 0.1) is 0 Å². The van der Waals surface area contributed by atoms with E-state index in [2.05, 4.69) is 0 Å². The molecule has 0 aliphatic heterocycles. The predicted octanol–water partition coefficient (Wildman–Crippen LogP) is -0.0735. The maximum Gasteiger partial charge on any atom is 0.321 e. The third-order valence-corrected chi connectivity index (χ3v) is 3.57. The Labute approximate surface area is 105 Å². The number of nitrogens with two attached hydrogens (primary N) is 1. The first-order chi connectivity index (χ1) is 7.93. The molecule has 17 heavy (non-hydrogen) atoms. The van der Waals surface area contributed by atoms with Gasteiger partial charge in [-0.3, -0.25) is 14.5 Å². The lowest BCUT2D eigenvalue weighted by Gasteiger charge is -2.25. The second kappa shape index (κ2) is 8.32. The highest BCUT2D eigenvalue weighted by Gasteiger charge is 2.23. The van der Waals surface area contributed by atoms with Crippen molar-refractivity contribution in [2.75, 3.05) is 24.6 Å². The van der Waals surface area contributed by atoms with Crippen molar-refractivity contribution in [1.82, 2.24) is 4.90 Å². The molecule has 0 aliphatic carbocycles. The van der Waals surface area contributed by atoms with Gasteiger partial charge in [0.25, 0.3) is 0 Å². The lowest BCUT2D eigenvalue weighted by molar-refractivity contribution is -0.142. The van der Waals surface area contributed by atoms with E-state index in [9.17, 15) is 9.59 Å². The van der Waals surface area contributed by atoms with Crippen LogP contribution in [0.1, 0.15) is 13.8 Å². The van der Waals surface area contributed by atoms with Gasteiger partial charge in [0.1, 0.15) is 12.1 Å². The molecule has 0 bridgehead atoms. The first-order valence-electron chi connectivity index (χ1n) is 5.46. The van der Waals surface area contributed by atoms with Crippen molar-refractivity contribution in [3.63, 3.8) is 0 Å². The molecular weight excluding hydrogens is 244 g/mol. The topological polar surface area (TPSA) is 104 Å². The summed E-state index contributed by atoms with van der Waals surface area (Å²) >= 11 is 1.26. The molecule has 6 nitrogen and oxygen atoms in total. The minimum Gasteiger partial charge on any atom is -0.480 e. The highest BCUT2D eigenvalue weighted by molar-refractivity contribution is 7.99. The zero-order valence-electron chi connectivity index (χ0n) is 10.1. The standard InChI is InChI=1S/C10H20N2O4S/c1-3-12(4-2)8(10(15)16)6-17-5-7(11)9(13)14/h7-8H,3-6,11H2,1-2H3,(H,13,14)(H,15,16)/t7-,8-/m1/s1. The summed E-state index contributed by atoms with van der Waals surface area (Å²) in [7, 11) is 0. The summed E-state index contributed by atoms with van der Waals surface area (Å²) in [5.41, 5.74) is 5.34. The molecule has 0 saturated carbocycles. The smallest absolute Gasteiger partial charge is 0.321 e. The molecular formula is C10H20N2O4S. The molecule has 0 unspecified atom stereocenters. The highest BCUT2D eigenvalue weighted by Crippen LogP contribution is 2.10. The van der Waals surface area contributed by atoms with Crippen LogP contribution in [0.4, 0.5) is 0 Å². The van der Waals surface area contributed by atoms with Crippen molar-refractivity contribution >= 4 is 23.7 Å². The van der Waals surface area contributed by atoms with Gasteiger partial charge in [-0.2, -0.15) is 11.8 Å². The van der Waals surface area contributed by atoms with E-state index in [0.29, 0.717) is 18.8 Å². The number of likely N-dealkylation sites (N-methyl/N-ethyl adjacent to an activating group) is 1. The number of hydrogen-bond acceptors (Lipinski definition) is 5. The summed E-state index contributed by atoms with van der Waals surface area (Å²) in [6.45, 7) is 5.10. The average molecular weight is 264 g/mol. The van der Waals surface area contributed by atoms with Crippen molar-refractivity contribution < 1.29 is 19.8 Å². The Morgan fingerprint density at radius 3 is 2.06 bits per heavy atom. The van der Waals surface area contributed by atoms with Crippen LogP contribution in [0.3, 0.4) is 0 Å². The highest BCUT2D eigenvalue weighted by atomic mass is 32.2. The number of rotatable bonds is 9. The van der Waals surface area contributed by atoms with Gasteiger partial charge in [-0.05, 0) is 13.1 Å². The van der Waals surface area contributed by atoms with Crippen LogP contribution in [-0.2, 0) is 9.59 Å². The number of carbonyl (C=O) groups is 2. The van der Waals surface area contributed by atoms with Crippen LogP contribution in [0.5, 0.6) is 0 Å². The van der Waals surface area contributed by atoms with E-state index in [0.717, 1.165) is 0 Å². The number of carboxylic acids is 2. The molecule has 2 atom stereocenters. The van der Waals surface area contributed by atoms with Gasteiger partial charge in [-0.25, -0.2) is 0 Å². The van der Waals surface area contributed by atoms with Crippen molar-refractivity contribution in [2.45, 2.75) is 25.9 Å². The lowest BCUT2D eigenvalue weighted by atomic mass is 10.3. The van der Waals surface area contributed by atoms with E-state index in [1.807, 2.05) is 18.7 Å². The molecule has 0 aliphatic rings. The van der Waals surface area contributed by atoms with Crippen LogP contribution in [0, 0.1) is 0 Å². The molecule has 0 saturated heterocycles. The van der Waals surface area contributed by atoms with E-state index in [-0.39, 0.29) is 5.75 Å². The van der Waals surface area contributed by atoms with Crippen molar-refractivity contribution in [1.29, 1.82) is 0 Å². The summed E-state index contributed by atoms with van der Waals surface area (Å²) in [4.78, 5) is 23.4. The molecule has 100 valence electrons. The maximum absolute atomic E-state index is 11.1. The van der Waals surface area contributed by atoms with Crippen molar-refractivity contribution in [3.05, 3.63) is 0 Å². The Hall–Kier alpha value is -0.790. The molecule has 0 aromatic carbocycles. The Morgan fingerprint density at radius 2 is 1.71 bits per heavy atom. The summed E-state index contributed by atoms with van der Waals surface area (Å²) in [6, 6.07) is -1.53. The molecule has 0 amide bonds. The second-order valence-electron chi connectivity index (χ2n) is 3.56. The third kappa shape index (κ3) is 5.90. The fourth-order valence-electron chi connectivity index (χ4n) is 1.38. The predicted molar refractivity (Wildman–Crippen MR) is 67.3 cm³/mol. The van der Waals surface area contributed by atoms with Gasteiger partial charge in [0, 0.05) is 11.5 Å². The van der Waals surface area contributed by atoms with Crippen LogP contribution >= 0.6 is 11.8 Å². The van der Waals surface area contributed by atoms with Gasteiger partial charge in [0.15, 0.2) is 0 Å². The quantitative estimate of drug-likeness (QED) is 0.535. The molecule has 0 aromatic heterocycles. The van der Waals surface area contributed by atoms with Crippen LogP contribution < -0.4 is 5.73 Å². The van der Waals surface area contributed by atoms with Crippen LogP contribution in [0.15, 0.2) is 0 Å². The fraction of sp³-hybridized carbons (Fsp3) is 0.800. The minimum atomic E-state index is -1.06. The molecule has 0 rings (SSSR count). The van der Waals surface area contributed by atoms with E-state index < -0.39 is 24.0 Å². The van der Waals surface area contributed by atoms with Gasteiger partial charge in [-0.1, -0.05) is 13.8 Å². The lowest BCUT2D eigenvalue weighted by Crippen LogP contribution is -2.43.